The average molecular weight is 252 g/mol. The zero-order valence-corrected chi connectivity index (χ0v) is 10.9. The molecule has 2 atom stereocenters. The number of hydrogen-bond acceptors (Lipinski definition) is 2. The van der Waals surface area contributed by atoms with Crippen LogP contribution in [0.15, 0.2) is 24.3 Å². The van der Waals surface area contributed by atoms with Gasteiger partial charge in [0.2, 0.25) is 5.91 Å². The Morgan fingerprint density at radius 1 is 1.39 bits per heavy atom. The fourth-order valence-electron chi connectivity index (χ4n) is 1.87. The number of carbonyl (C=O) groups is 1. The van der Waals surface area contributed by atoms with Crippen LogP contribution in [0.1, 0.15) is 38.3 Å². The van der Waals surface area contributed by atoms with E-state index < -0.39 is 0 Å². The summed E-state index contributed by atoms with van der Waals surface area (Å²) in [5, 5.41) is 2.91. The van der Waals surface area contributed by atoms with Crippen molar-refractivity contribution in [1.82, 2.24) is 5.32 Å². The van der Waals surface area contributed by atoms with Gasteiger partial charge < -0.3 is 11.1 Å². The van der Waals surface area contributed by atoms with Gasteiger partial charge in [-0.05, 0) is 31.0 Å². The Morgan fingerprint density at radius 3 is 2.50 bits per heavy atom. The Bertz CT molecular complexity index is 378. The van der Waals surface area contributed by atoms with E-state index in [-0.39, 0.29) is 23.7 Å². The number of amides is 1. The van der Waals surface area contributed by atoms with E-state index in [0.29, 0.717) is 6.54 Å². The summed E-state index contributed by atoms with van der Waals surface area (Å²) in [6.07, 6.45) is 1.72. The Hall–Kier alpha value is -1.42. The average Bonchev–Trinajstić information content (AvgIpc) is 2.36. The standard InChI is InChI=1S/C14H21FN2O/c1-3-4-12(9-16)14(18)17-10(2)11-5-7-13(15)8-6-11/h5-8,10,12H,3-4,9,16H2,1-2H3,(H,17,18)/t10-,12?/m1/s1. The summed E-state index contributed by atoms with van der Waals surface area (Å²) in [6, 6.07) is 6.01. The number of nitrogens with one attached hydrogen (secondary N) is 1. The summed E-state index contributed by atoms with van der Waals surface area (Å²) >= 11 is 0. The quantitative estimate of drug-likeness (QED) is 0.816. The highest BCUT2D eigenvalue weighted by Gasteiger charge is 2.18. The van der Waals surface area contributed by atoms with Gasteiger partial charge in [0.05, 0.1) is 12.0 Å². The summed E-state index contributed by atoms with van der Waals surface area (Å²) in [7, 11) is 0. The first-order valence-corrected chi connectivity index (χ1v) is 6.34. The lowest BCUT2D eigenvalue weighted by Gasteiger charge is -2.19. The first kappa shape index (κ1) is 14.6. The van der Waals surface area contributed by atoms with Gasteiger partial charge >= 0.3 is 0 Å². The first-order valence-electron chi connectivity index (χ1n) is 6.34. The molecule has 0 aromatic heterocycles. The molecule has 0 saturated heterocycles. The van der Waals surface area contributed by atoms with Gasteiger partial charge in [-0.3, -0.25) is 4.79 Å². The minimum Gasteiger partial charge on any atom is -0.349 e. The fraction of sp³-hybridized carbons (Fsp3) is 0.500. The molecule has 0 radical (unpaired) electrons. The van der Waals surface area contributed by atoms with Crippen LogP contribution in [0.3, 0.4) is 0 Å². The molecule has 1 aromatic rings. The van der Waals surface area contributed by atoms with Crippen LogP contribution in [0.2, 0.25) is 0 Å². The maximum Gasteiger partial charge on any atom is 0.224 e. The predicted molar refractivity (Wildman–Crippen MR) is 70.4 cm³/mol. The Kier molecular flexibility index (Phi) is 5.78. The van der Waals surface area contributed by atoms with Crippen LogP contribution in [0.25, 0.3) is 0 Å². The zero-order valence-electron chi connectivity index (χ0n) is 10.9. The van der Waals surface area contributed by atoms with Crippen molar-refractivity contribution >= 4 is 5.91 Å². The van der Waals surface area contributed by atoms with E-state index in [4.69, 9.17) is 5.73 Å². The van der Waals surface area contributed by atoms with Gasteiger partial charge in [-0.15, -0.1) is 0 Å². The molecule has 3 nitrogen and oxygen atoms in total. The third-order valence-electron chi connectivity index (χ3n) is 3.02. The smallest absolute Gasteiger partial charge is 0.224 e. The summed E-state index contributed by atoms with van der Waals surface area (Å²) in [4.78, 5) is 11.9. The largest absolute Gasteiger partial charge is 0.349 e. The zero-order chi connectivity index (χ0) is 13.5. The molecule has 0 heterocycles. The lowest BCUT2D eigenvalue weighted by molar-refractivity contribution is -0.125. The van der Waals surface area contributed by atoms with E-state index in [2.05, 4.69) is 5.32 Å². The van der Waals surface area contributed by atoms with Gasteiger partial charge in [0, 0.05) is 6.54 Å². The molecule has 0 bridgehead atoms. The van der Waals surface area contributed by atoms with Gasteiger partial charge in [0.15, 0.2) is 0 Å². The number of halogens is 1. The van der Waals surface area contributed by atoms with Crippen LogP contribution in [0.4, 0.5) is 4.39 Å². The van der Waals surface area contributed by atoms with Gasteiger partial charge in [-0.25, -0.2) is 4.39 Å². The van der Waals surface area contributed by atoms with Crippen LogP contribution < -0.4 is 11.1 Å². The molecule has 4 heteroatoms. The number of benzene rings is 1. The molecule has 3 N–H and O–H groups in total. The normalized spacial score (nSPS) is 14.0. The molecule has 0 fully saturated rings. The predicted octanol–water partition coefficient (Wildman–Crippen LogP) is 2.38. The highest BCUT2D eigenvalue weighted by molar-refractivity contribution is 5.79. The number of hydrogen-bond donors (Lipinski definition) is 2. The van der Waals surface area contributed by atoms with Crippen molar-refractivity contribution in [2.45, 2.75) is 32.7 Å². The highest BCUT2D eigenvalue weighted by atomic mass is 19.1. The molecule has 1 aromatic carbocycles. The minimum atomic E-state index is -0.275. The molecular formula is C14H21FN2O. The summed E-state index contributed by atoms with van der Waals surface area (Å²) in [5.74, 6) is -0.447. The third kappa shape index (κ3) is 4.11. The second-order valence-electron chi connectivity index (χ2n) is 4.50. The summed E-state index contributed by atoms with van der Waals surface area (Å²) in [6.45, 7) is 4.26. The van der Waals surface area contributed by atoms with Gasteiger partial charge in [-0.1, -0.05) is 25.5 Å². The molecule has 1 rings (SSSR count). The van der Waals surface area contributed by atoms with E-state index in [1.54, 1.807) is 12.1 Å². The van der Waals surface area contributed by atoms with Crippen LogP contribution in [-0.2, 0) is 4.79 Å². The van der Waals surface area contributed by atoms with Crippen LogP contribution >= 0.6 is 0 Å². The maximum atomic E-state index is 12.8. The van der Waals surface area contributed by atoms with Crippen LogP contribution in [0.5, 0.6) is 0 Å². The summed E-state index contributed by atoms with van der Waals surface area (Å²) in [5.41, 5.74) is 6.47. The molecule has 1 unspecified atom stereocenters. The lowest BCUT2D eigenvalue weighted by atomic mass is 10.0. The lowest BCUT2D eigenvalue weighted by Crippen LogP contribution is -2.36. The van der Waals surface area contributed by atoms with E-state index in [0.717, 1.165) is 18.4 Å². The molecule has 0 saturated carbocycles. The van der Waals surface area contributed by atoms with Gasteiger partial charge in [0.1, 0.15) is 5.82 Å². The number of rotatable bonds is 6. The molecule has 0 spiro atoms. The third-order valence-corrected chi connectivity index (χ3v) is 3.02. The molecule has 18 heavy (non-hydrogen) atoms. The van der Waals surface area contributed by atoms with Crippen LogP contribution in [-0.4, -0.2) is 12.5 Å². The van der Waals surface area contributed by atoms with Crippen molar-refractivity contribution in [2.75, 3.05) is 6.54 Å². The van der Waals surface area contributed by atoms with Crippen molar-refractivity contribution in [3.05, 3.63) is 35.6 Å². The first-order chi connectivity index (χ1) is 8.58. The van der Waals surface area contributed by atoms with Crippen LogP contribution in [0, 0.1) is 11.7 Å². The molecular weight excluding hydrogens is 231 g/mol. The molecule has 0 aliphatic rings. The van der Waals surface area contributed by atoms with Crippen molar-refractivity contribution in [3.63, 3.8) is 0 Å². The fourth-order valence-corrected chi connectivity index (χ4v) is 1.87. The highest BCUT2D eigenvalue weighted by Crippen LogP contribution is 2.14. The SMILES string of the molecule is CCCC(CN)C(=O)N[C@H](C)c1ccc(F)cc1. The van der Waals surface area contributed by atoms with E-state index >= 15 is 0 Å². The van der Waals surface area contributed by atoms with Crippen molar-refractivity contribution < 1.29 is 9.18 Å². The molecule has 1 amide bonds. The second kappa shape index (κ2) is 7.11. The minimum absolute atomic E-state index is 0.0313. The van der Waals surface area contributed by atoms with Crippen molar-refractivity contribution in [1.29, 1.82) is 0 Å². The summed E-state index contributed by atoms with van der Waals surface area (Å²) < 4.78 is 12.8. The van der Waals surface area contributed by atoms with E-state index in [9.17, 15) is 9.18 Å². The Morgan fingerprint density at radius 2 is 2.00 bits per heavy atom. The number of nitrogens with two attached hydrogens (primary N) is 1. The maximum absolute atomic E-state index is 12.8. The topological polar surface area (TPSA) is 55.1 Å². The van der Waals surface area contributed by atoms with Gasteiger partial charge in [-0.2, -0.15) is 0 Å². The van der Waals surface area contributed by atoms with Gasteiger partial charge in [0.25, 0.3) is 0 Å². The van der Waals surface area contributed by atoms with E-state index in [1.165, 1.54) is 12.1 Å². The molecule has 100 valence electrons. The van der Waals surface area contributed by atoms with Crippen molar-refractivity contribution in [2.24, 2.45) is 11.7 Å². The monoisotopic (exact) mass is 252 g/mol. The second-order valence-corrected chi connectivity index (χ2v) is 4.50. The molecule has 0 aliphatic carbocycles. The van der Waals surface area contributed by atoms with Crippen molar-refractivity contribution in [3.8, 4) is 0 Å². The number of carbonyl (C=O) groups excluding carboxylic acids is 1. The van der Waals surface area contributed by atoms with E-state index in [1.807, 2.05) is 13.8 Å². The Balaban J connectivity index is 2.60. The molecule has 0 aliphatic heterocycles. The Labute approximate surface area is 108 Å².